The van der Waals surface area contributed by atoms with Gasteiger partial charge in [0.05, 0.1) is 5.52 Å². The van der Waals surface area contributed by atoms with Gasteiger partial charge >= 0.3 is 5.91 Å². The van der Waals surface area contributed by atoms with E-state index in [9.17, 15) is 22.4 Å². The molecule has 1 heterocycles. The Hall–Kier alpha value is -4.10. The number of fused-ring (bicyclic) bond motifs is 1. The van der Waals surface area contributed by atoms with Crippen LogP contribution in [0.25, 0.3) is 10.9 Å². The van der Waals surface area contributed by atoms with E-state index in [1.54, 1.807) is 30.3 Å². The van der Waals surface area contributed by atoms with E-state index in [0.29, 0.717) is 17.5 Å². The Morgan fingerprint density at radius 2 is 1.73 bits per heavy atom. The molecule has 0 aliphatic rings. The molecule has 3 aromatic carbocycles. The van der Waals surface area contributed by atoms with Gasteiger partial charge in [-0.25, -0.2) is 17.6 Å². The van der Waals surface area contributed by atoms with Gasteiger partial charge in [0.2, 0.25) is 10.0 Å². The molecule has 0 unspecified atom stereocenters. The zero-order valence-electron chi connectivity index (χ0n) is 17.2. The van der Waals surface area contributed by atoms with E-state index in [2.05, 4.69) is 20.1 Å². The Kier molecular flexibility index (Phi) is 6.42. The van der Waals surface area contributed by atoms with Crippen LogP contribution in [0.1, 0.15) is 27.0 Å². The van der Waals surface area contributed by atoms with Crippen molar-refractivity contribution in [1.82, 2.24) is 9.90 Å². The van der Waals surface area contributed by atoms with Crippen molar-refractivity contribution in [3.63, 3.8) is 0 Å². The van der Waals surface area contributed by atoms with Gasteiger partial charge in [0, 0.05) is 29.6 Å². The second-order valence-electron chi connectivity index (χ2n) is 7.34. The molecule has 1 N–H and O–H groups in total. The molecule has 0 atom stereocenters. The maximum atomic E-state index is 14.0. The van der Waals surface area contributed by atoms with Crippen LogP contribution in [0.3, 0.4) is 0 Å². The lowest BCUT2D eigenvalue weighted by Crippen LogP contribution is -1.97. The summed E-state index contributed by atoms with van der Waals surface area (Å²) in [5.41, 5.74) is 2.57. The number of amides is 1. The number of halogens is 4. The van der Waals surface area contributed by atoms with E-state index in [1.807, 2.05) is 6.07 Å². The summed E-state index contributed by atoms with van der Waals surface area (Å²) < 4.78 is 54.1. The molecule has 0 saturated heterocycles. The van der Waals surface area contributed by atoms with E-state index in [1.165, 1.54) is 18.3 Å². The molecule has 9 heteroatoms. The number of hydrogen-bond donors (Lipinski definition) is 1. The molecule has 1 aromatic heterocycles. The topological polar surface area (TPSA) is 71.7 Å². The van der Waals surface area contributed by atoms with Crippen LogP contribution in [0.15, 0.2) is 71.0 Å². The van der Waals surface area contributed by atoms with Crippen LogP contribution in [0, 0.1) is 23.3 Å². The van der Waals surface area contributed by atoms with Crippen LogP contribution >= 0.6 is 0 Å². The highest BCUT2D eigenvalue weighted by molar-refractivity contribution is 5.94. The third-order valence-corrected chi connectivity index (χ3v) is 5.06. The molecule has 0 spiro atoms. The van der Waals surface area contributed by atoms with Gasteiger partial charge in [-0.15, -0.1) is 0 Å². The normalized spacial score (nSPS) is 10.8. The minimum atomic E-state index is -1.53. The van der Waals surface area contributed by atoms with Gasteiger partial charge < -0.3 is 4.98 Å². The SMILES string of the molecule is O=C(N=[N+]=NCCc1c[nH]c2cc(F)c(F)c(F)c12)c1ccc(Cc2cccc(F)c2)cc1. The van der Waals surface area contributed by atoms with Gasteiger partial charge in [-0.3, -0.25) is 4.79 Å². The smallest absolute Gasteiger partial charge is 0.360 e. The molecule has 166 valence electrons. The molecule has 4 aromatic rings. The lowest BCUT2D eigenvalue weighted by molar-refractivity contribution is 0.0992. The third kappa shape index (κ3) is 5.05. The Bertz CT molecular complexity index is 1390. The first kappa shape index (κ1) is 22.1. The largest absolute Gasteiger partial charge is 0.361 e. The molecular weight excluding hydrogens is 436 g/mol. The Labute approximate surface area is 185 Å². The van der Waals surface area contributed by atoms with E-state index >= 15 is 0 Å². The molecule has 0 aliphatic carbocycles. The third-order valence-electron chi connectivity index (χ3n) is 5.06. The number of carbonyl (C=O) groups excluding carboxylic acids is 1. The molecule has 5 nitrogen and oxygen atoms in total. The highest BCUT2D eigenvalue weighted by Gasteiger charge is 2.17. The highest BCUT2D eigenvalue weighted by Crippen LogP contribution is 2.26. The van der Waals surface area contributed by atoms with E-state index < -0.39 is 23.4 Å². The monoisotopic (exact) mass is 453 g/mol. The Morgan fingerprint density at radius 3 is 2.48 bits per heavy atom. The molecule has 33 heavy (non-hydrogen) atoms. The van der Waals surface area contributed by atoms with Crippen LogP contribution in [0.2, 0.25) is 0 Å². The molecule has 0 bridgehead atoms. The van der Waals surface area contributed by atoms with E-state index in [4.69, 9.17) is 0 Å². The molecule has 0 radical (unpaired) electrons. The van der Waals surface area contributed by atoms with Crippen LogP contribution in [0.4, 0.5) is 17.6 Å². The number of aromatic nitrogens is 1. The van der Waals surface area contributed by atoms with Crippen molar-refractivity contribution in [3.8, 4) is 0 Å². The summed E-state index contributed by atoms with van der Waals surface area (Å²) in [6.07, 6.45) is 2.15. The van der Waals surface area contributed by atoms with Gasteiger partial charge in [0.25, 0.3) is 0 Å². The number of benzene rings is 3. The number of nitrogens with zero attached hydrogens (tertiary/aromatic N) is 3. The average molecular weight is 453 g/mol. The summed E-state index contributed by atoms with van der Waals surface area (Å²) >= 11 is 0. The average Bonchev–Trinajstić information content (AvgIpc) is 3.20. The summed E-state index contributed by atoms with van der Waals surface area (Å²) in [7, 11) is 0. The predicted molar refractivity (Wildman–Crippen MR) is 114 cm³/mol. The fourth-order valence-electron chi connectivity index (χ4n) is 3.45. The minimum absolute atomic E-state index is 0.0459. The van der Waals surface area contributed by atoms with Gasteiger partial charge in [0.15, 0.2) is 17.5 Å². The Morgan fingerprint density at radius 1 is 0.939 bits per heavy atom. The van der Waals surface area contributed by atoms with Crippen molar-refractivity contribution < 1.29 is 22.4 Å². The second kappa shape index (κ2) is 9.58. The first-order valence-corrected chi connectivity index (χ1v) is 10.0. The lowest BCUT2D eigenvalue weighted by atomic mass is 10.0. The first-order chi connectivity index (χ1) is 15.9. The first-order valence-electron chi connectivity index (χ1n) is 10.0. The van der Waals surface area contributed by atoms with Gasteiger partial charge in [-0.2, -0.15) is 0 Å². The van der Waals surface area contributed by atoms with Crippen LogP contribution in [-0.2, 0) is 12.8 Å². The number of aromatic amines is 1. The van der Waals surface area contributed by atoms with Gasteiger partial charge in [-0.1, -0.05) is 24.3 Å². The van der Waals surface area contributed by atoms with Crippen molar-refractivity contribution in [2.45, 2.75) is 12.8 Å². The number of nitrogens with one attached hydrogen (secondary N) is 1. The van der Waals surface area contributed by atoms with E-state index in [-0.39, 0.29) is 29.7 Å². The molecule has 0 fully saturated rings. The van der Waals surface area contributed by atoms with Gasteiger partial charge in [0.1, 0.15) is 17.5 Å². The molecule has 4 rings (SSSR count). The zero-order valence-corrected chi connectivity index (χ0v) is 17.2. The summed E-state index contributed by atoms with van der Waals surface area (Å²) in [5, 5.41) is 7.24. The van der Waals surface area contributed by atoms with Crippen LogP contribution in [-0.4, -0.2) is 17.4 Å². The fraction of sp³-hybridized carbons (Fsp3) is 0.125. The van der Waals surface area contributed by atoms with Crippen LogP contribution in [0.5, 0.6) is 0 Å². The summed E-state index contributed by atoms with van der Waals surface area (Å²) in [6, 6.07) is 13.9. The molecule has 0 aliphatic heterocycles. The highest BCUT2D eigenvalue weighted by atomic mass is 19.2. The number of H-pyrrole nitrogens is 1. The van der Waals surface area contributed by atoms with Crippen molar-refractivity contribution in [3.05, 3.63) is 106 Å². The maximum absolute atomic E-state index is 14.0. The molecular formula is C24H17F4N4O+. The zero-order chi connectivity index (χ0) is 23.4. The number of carbonyl (C=O) groups is 1. The minimum Gasteiger partial charge on any atom is -0.361 e. The molecule has 1 amide bonds. The summed E-state index contributed by atoms with van der Waals surface area (Å²) in [4.78, 5) is 18.3. The van der Waals surface area contributed by atoms with Crippen molar-refractivity contribution in [2.75, 3.05) is 6.54 Å². The Balaban J connectivity index is 1.36. The quantitative estimate of drug-likeness (QED) is 0.174. The van der Waals surface area contributed by atoms with Crippen LogP contribution < -0.4 is 4.91 Å². The van der Waals surface area contributed by atoms with Crippen molar-refractivity contribution in [1.29, 1.82) is 0 Å². The fourth-order valence-corrected chi connectivity index (χ4v) is 3.45. The molecule has 0 saturated carbocycles. The standard InChI is InChI=1S/C24H16F4N4O/c25-18-3-1-2-15(11-18)10-14-4-6-16(7-5-14)24(33)31-32-30-9-8-17-13-29-20-12-19(26)22(27)23(28)21(17)20/h1-7,11-13H,8-10H2/p+1. The number of rotatable bonds is 6. The summed E-state index contributed by atoms with van der Waals surface area (Å²) in [5.74, 6) is -4.97. The summed E-state index contributed by atoms with van der Waals surface area (Å²) in [6.45, 7) is 0.0642. The van der Waals surface area contributed by atoms with Gasteiger partial charge in [-0.05, 0) is 47.4 Å². The second-order valence-corrected chi connectivity index (χ2v) is 7.34. The lowest BCUT2D eigenvalue weighted by Gasteiger charge is -2.02. The number of hydrogen-bond acceptors (Lipinski definition) is 2. The van der Waals surface area contributed by atoms with E-state index in [0.717, 1.165) is 17.2 Å². The van der Waals surface area contributed by atoms with Crippen molar-refractivity contribution in [2.24, 2.45) is 10.2 Å². The predicted octanol–water partition coefficient (Wildman–Crippen LogP) is 5.67. The van der Waals surface area contributed by atoms with Crippen molar-refractivity contribution >= 4 is 16.8 Å². The maximum Gasteiger partial charge on any atom is 0.360 e.